The van der Waals surface area contributed by atoms with Gasteiger partial charge in [0, 0.05) is 16.1 Å². The number of anilines is 2. The number of esters is 1. The molecule has 0 fully saturated rings. The summed E-state index contributed by atoms with van der Waals surface area (Å²) in [5, 5.41) is 6.03. The number of rotatable bonds is 3. The summed E-state index contributed by atoms with van der Waals surface area (Å²) in [5.74, 6) is -0.403. The third-order valence-corrected chi connectivity index (χ3v) is 3.68. The fraction of sp³-hybridized carbons (Fsp3) is 0.0556. The zero-order chi connectivity index (χ0) is 15.5. The molecule has 0 aliphatic rings. The zero-order valence-corrected chi connectivity index (χ0v) is 12.7. The molecule has 0 aromatic heterocycles. The van der Waals surface area contributed by atoms with E-state index >= 15 is 0 Å². The molecular formula is C18H14ClNO2. The number of carbonyl (C=O) groups excluding carboxylic acids is 1. The number of methoxy groups -OCH3 is 1. The first kappa shape index (κ1) is 14.4. The number of halogens is 1. The molecule has 0 saturated heterocycles. The number of fused-ring (bicyclic) bond motifs is 1. The first-order chi connectivity index (χ1) is 10.7. The Morgan fingerprint density at radius 2 is 1.77 bits per heavy atom. The van der Waals surface area contributed by atoms with Gasteiger partial charge in [-0.25, -0.2) is 4.79 Å². The third kappa shape index (κ3) is 2.76. The highest BCUT2D eigenvalue weighted by molar-refractivity contribution is 6.31. The molecule has 0 heterocycles. The highest BCUT2D eigenvalue weighted by atomic mass is 35.5. The van der Waals surface area contributed by atoms with E-state index in [9.17, 15) is 4.79 Å². The number of nitrogens with one attached hydrogen (secondary N) is 1. The molecule has 3 aromatic carbocycles. The summed E-state index contributed by atoms with van der Waals surface area (Å²) in [7, 11) is 1.36. The predicted octanol–water partition coefficient (Wildman–Crippen LogP) is 5.02. The molecule has 0 amide bonds. The van der Waals surface area contributed by atoms with Crippen molar-refractivity contribution in [2.45, 2.75) is 0 Å². The predicted molar refractivity (Wildman–Crippen MR) is 90.0 cm³/mol. The molecule has 3 aromatic rings. The second-order valence-electron chi connectivity index (χ2n) is 4.83. The van der Waals surface area contributed by atoms with Gasteiger partial charge in [0.2, 0.25) is 0 Å². The lowest BCUT2D eigenvalue weighted by Gasteiger charge is -2.13. The Hall–Kier alpha value is -2.52. The Balaban J connectivity index is 2.09. The van der Waals surface area contributed by atoms with Crippen LogP contribution in [0.5, 0.6) is 0 Å². The topological polar surface area (TPSA) is 38.3 Å². The van der Waals surface area contributed by atoms with E-state index in [1.807, 2.05) is 42.5 Å². The second-order valence-corrected chi connectivity index (χ2v) is 5.27. The van der Waals surface area contributed by atoms with Gasteiger partial charge >= 0.3 is 5.97 Å². The van der Waals surface area contributed by atoms with Gasteiger partial charge in [-0.3, -0.25) is 0 Å². The molecule has 0 radical (unpaired) electrons. The smallest absolute Gasteiger partial charge is 0.339 e. The Morgan fingerprint density at radius 1 is 1.00 bits per heavy atom. The number of benzene rings is 3. The van der Waals surface area contributed by atoms with E-state index in [1.54, 1.807) is 18.2 Å². The van der Waals surface area contributed by atoms with Gasteiger partial charge in [-0.05, 0) is 29.7 Å². The monoisotopic (exact) mass is 311 g/mol. The van der Waals surface area contributed by atoms with E-state index in [0.717, 1.165) is 16.5 Å². The molecule has 110 valence electrons. The molecular weight excluding hydrogens is 298 g/mol. The van der Waals surface area contributed by atoms with Gasteiger partial charge in [0.15, 0.2) is 0 Å². The first-order valence-corrected chi connectivity index (χ1v) is 7.19. The summed E-state index contributed by atoms with van der Waals surface area (Å²) in [6.45, 7) is 0. The quantitative estimate of drug-likeness (QED) is 0.690. The molecule has 0 bridgehead atoms. The maximum Gasteiger partial charge on any atom is 0.339 e. The van der Waals surface area contributed by atoms with E-state index in [4.69, 9.17) is 16.3 Å². The van der Waals surface area contributed by atoms with Crippen LogP contribution in [0, 0.1) is 0 Å². The first-order valence-electron chi connectivity index (χ1n) is 6.81. The summed E-state index contributed by atoms with van der Waals surface area (Å²) in [6, 6.07) is 19.0. The van der Waals surface area contributed by atoms with E-state index in [1.165, 1.54) is 7.11 Å². The van der Waals surface area contributed by atoms with Crippen molar-refractivity contribution in [1.82, 2.24) is 0 Å². The van der Waals surface area contributed by atoms with E-state index in [-0.39, 0.29) is 0 Å². The molecule has 22 heavy (non-hydrogen) atoms. The van der Waals surface area contributed by atoms with Crippen LogP contribution >= 0.6 is 11.6 Å². The van der Waals surface area contributed by atoms with Crippen LogP contribution in [-0.2, 0) is 4.74 Å². The largest absolute Gasteiger partial charge is 0.465 e. The van der Waals surface area contributed by atoms with Gasteiger partial charge in [0.1, 0.15) is 0 Å². The van der Waals surface area contributed by atoms with E-state index < -0.39 is 5.97 Å². The highest BCUT2D eigenvalue weighted by Gasteiger charge is 2.13. The van der Waals surface area contributed by atoms with Crippen LogP contribution in [-0.4, -0.2) is 13.1 Å². The summed E-state index contributed by atoms with van der Waals surface area (Å²) in [4.78, 5) is 11.9. The molecule has 3 rings (SSSR count). The van der Waals surface area contributed by atoms with E-state index in [0.29, 0.717) is 16.3 Å². The molecule has 0 aliphatic carbocycles. The van der Waals surface area contributed by atoms with Gasteiger partial charge in [-0.2, -0.15) is 0 Å². The third-order valence-electron chi connectivity index (χ3n) is 3.45. The van der Waals surface area contributed by atoms with Gasteiger partial charge < -0.3 is 10.1 Å². The SMILES string of the molecule is COC(=O)c1ccc(Cl)cc1Nc1cccc2ccccc12. The lowest BCUT2D eigenvalue weighted by Crippen LogP contribution is -2.05. The number of hydrogen-bond donors (Lipinski definition) is 1. The molecule has 3 nitrogen and oxygen atoms in total. The van der Waals surface area contributed by atoms with Crippen LogP contribution in [0.15, 0.2) is 60.7 Å². The lowest BCUT2D eigenvalue weighted by molar-refractivity contribution is 0.0602. The van der Waals surface area contributed by atoms with Crippen molar-refractivity contribution in [3.8, 4) is 0 Å². The van der Waals surface area contributed by atoms with Gasteiger partial charge in [0.25, 0.3) is 0 Å². The summed E-state index contributed by atoms with van der Waals surface area (Å²) < 4.78 is 4.82. The van der Waals surface area contributed by atoms with Crippen molar-refractivity contribution in [3.63, 3.8) is 0 Å². The van der Waals surface area contributed by atoms with Crippen LogP contribution in [0.3, 0.4) is 0 Å². The minimum Gasteiger partial charge on any atom is -0.465 e. The highest BCUT2D eigenvalue weighted by Crippen LogP contribution is 2.29. The average Bonchev–Trinajstić information content (AvgIpc) is 2.55. The molecule has 0 aliphatic heterocycles. The number of ether oxygens (including phenoxy) is 1. The number of hydrogen-bond acceptors (Lipinski definition) is 3. The Morgan fingerprint density at radius 3 is 2.59 bits per heavy atom. The molecule has 0 spiro atoms. The van der Waals surface area contributed by atoms with Crippen molar-refractivity contribution in [2.75, 3.05) is 12.4 Å². The van der Waals surface area contributed by atoms with Crippen LogP contribution in [0.1, 0.15) is 10.4 Å². The zero-order valence-electron chi connectivity index (χ0n) is 12.0. The molecule has 4 heteroatoms. The minimum atomic E-state index is -0.403. The second kappa shape index (κ2) is 6.08. The summed E-state index contributed by atoms with van der Waals surface area (Å²) in [5.41, 5.74) is 1.97. The van der Waals surface area contributed by atoms with E-state index in [2.05, 4.69) is 5.32 Å². The fourth-order valence-corrected chi connectivity index (χ4v) is 2.56. The Kier molecular flexibility index (Phi) is 3.98. The molecule has 0 atom stereocenters. The van der Waals surface area contributed by atoms with Crippen LogP contribution < -0.4 is 5.32 Å². The maximum absolute atomic E-state index is 11.9. The normalized spacial score (nSPS) is 10.5. The molecule has 0 saturated carbocycles. The van der Waals surface area contributed by atoms with Gasteiger partial charge in [-0.15, -0.1) is 0 Å². The molecule has 0 unspecified atom stereocenters. The fourth-order valence-electron chi connectivity index (χ4n) is 2.39. The Labute approximate surface area is 133 Å². The summed E-state index contributed by atoms with van der Waals surface area (Å²) >= 11 is 6.06. The average molecular weight is 312 g/mol. The standard InChI is InChI=1S/C18H14ClNO2/c1-22-18(21)15-10-9-13(19)11-17(15)20-16-8-4-6-12-5-2-3-7-14(12)16/h2-11,20H,1H3. The van der Waals surface area contributed by atoms with Crippen molar-refractivity contribution < 1.29 is 9.53 Å². The van der Waals surface area contributed by atoms with Crippen LogP contribution in [0.25, 0.3) is 10.8 Å². The Bertz CT molecular complexity index is 840. The summed E-state index contributed by atoms with van der Waals surface area (Å²) in [6.07, 6.45) is 0. The van der Waals surface area contributed by atoms with Crippen LogP contribution in [0.2, 0.25) is 5.02 Å². The minimum absolute atomic E-state index is 0.403. The van der Waals surface area contributed by atoms with Crippen molar-refractivity contribution >= 4 is 39.7 Å². The molecule has 1 N–H and O–H groups in total. The number of carbonyl (C=O) groups is 1. The van der Waals surface area contributed by atoms with Crippen molar-refractivity contribution in [2.24, 2.45) is 0 Å². The maximum atomic E-state index is 11.9. The lowest BCUT2D eigenvalue weighted by atomic mass is 10.1. The van der Waals surface area contributed by atoms with Crippen molar-refractivity contribution in [3.05, 3.63) is 71.2 Å². The van der Waals surface area contributed by atoms with Gasteiger partial charge in [0.05, 0.1) is 18.4 Å². The van der Waals surface area contributed by atoms with Crippen molar-refractivity contribution in [1.29, 1.82) is 0 Å². The van der Waals surface area contributed by atoms with Crippen LogP contribution in [0.4, 0.5) is 11.4 Å². The van der Waals surface area contributed by atoms with Gasteiger partial charge in [-0.1, -0.05) is 48.0 Å².